The monoisotopic (exact) mass is 241 g/mol. The van der Waals surface area contributed by atoms with Crippen molar-refractivity contribution in [3.8, 4) is 0 Å². The number of carbonyl (C=O) groups is 1. The van der Waals surface area contributed by atoms with Gasteiger partial charge in [-0.05, 0) is 24.6 Å². The molecule has 0 aliphatic carbocycles. The lowest BCUT2D eigenvalue weighted by molar-refractivity contribution is 0.0698. The summed E-state index contributed by atoms with van der Waals surface area (Å²) in [7, 11) is -0.872. The number of hydrogen-bond acceptors (Lipinski definition) is 3. The van der Waals surface area contributed by atoms with Crippen molar-refractivity contribution in [1.82, 2.24) is 0 Å². The van der Waals surface area contributed by atoms with Crippen molar-refractivity contribution in [3.63, 3.8) is 0 Å². The largest absolute Gasteiger partial charge is 0.478 e. The molecule has 16 heavy (non-hydrogen) atoms. The molecule has 0 aromatic heterocycles. The second-order valence-corrected chi connectivity index (χ2v) is 5.11. The number of aryl methyl sites for hydroxylation is 1. The van der Waals surface area contributed by atoms with E-state index in [1.165, 1.54) is 0 Å². The highest BCUT2D eigenvalue weighted by Crippen LogP contribution is 2.17. The maximum absolute atomic E-state index is 10.9. The van der Waals surface area contributed by atoms with Crippen LogP contribution in [0.2, 0.25) is 0 Å². The summed E-state index contributed by atoms with van der Waals surface area (Å²) in [6.07, 6.45) is 1.62. The number of rotatable bonds is 5. The molecule has 0 saturated carbocycles. The number of hydrogen-bond donors (Lipinski definition) is 2. The lowest BCUT2D eigenvalue weighted by atomic mass is 10.1. The lowest BCUT2D eigenvalue weighted by Crippen LogP contribution is -2.12. The van der Waals surface area contributed by atoms with Gasteiger partial charge in [0.15, 0.2) is 0 Å². The van der Waals surface area contributed by atoms with Gasteiger partial charge in [-0.15, -0.1) is 0 Å². The molecular weight excluding hydrogens is 226 g/mol. The maximum Gasteiger partial charge on any atom is 0.337 e. The summed E-state index contributed by atoms with van der Waals surface area (Å²) in [5, 5.41) is 12.0. The molecule has 0 amide bonds. The molecule has 4 nitrogen and oxygen atoms in total. The zero-order valence-corrected chi connectivity index (χ0v) is 10.1. The molecule has 1 aromatic rings. The molecule has 1 atom stereocenters. The molecule has 0 fully saturated rings. The molecule has 0 saturated heterocycles. The maximum atomic E-state index is 10.9. The summed E-state index contributed by atoms with van der Waals surface area (Å²) < 4.78 is 10.9. The summed E-state index contributed by atoms with van der Waals surface area (Å²) in [6.45, 7) is 2.40. The van der Waals surface area contributed by atoms with Gasteiger partial charge in [0.2, 0.25) is 0 Å². The Kier molecular flexibility index (Phi) is 4.49. The van der Waals surface area contributed by atoms with Crippen LogP contribution in [0, 0.1) is 6.92 Å². The Morgan fingerprint density at radius 2 is 2.19 bits per heavy atom. The molecule has 0 bridgehead atoms. The van der Waals surface area contributed by atoms with Crippen LogP contribution < -0.4 is 5.32 Å². The van der Waals surface area contributed by atoms with E-state index in [2.05, 4.69) is 5.32 Å². The minimum absolute atomic E-state index is 0.243. The van der Waals surface area contributed by atoms with Gasteiger partial charge < -0.3 is 10.4 Å². The van der Waals surface area contributed by atoms with Gasteiger partial charge in [0.25, 0.3) is 0 Å². The molecule has 88 valence electrons. The summed E-state index contributed by atoms with van der Waals surface area (Å²) in [6, 6.07) is 5.11. The highest BCUT2D eigenvalue weighted by atomic mass is 32.2. The third-order valence-corrected chi connectivity index (χ3v) is 2.89. The van der Waals surface area contributed by atoms with Crippen molar-refractivity contribution >= 4 is 22.5 Å². The lowest BCUT2D eigenvalue weighted by Gasteiger charge is -2.09. The molecule has 0 aliphatic heterocycles. The average Bonchev–Trinajstić information content (AvgIpc) is 2.16. The SMILES string of the molecule is Cc1ccc(C(=O)O)c(NCCS(C)=O)c1. The van der Waals surface area contributed by atoms with Crippen LogP contribution in [0.4, 0.5) is 5.69 Å². The van der Waals surface area contributed by atoms with Crippen molar-refractivity contribution in [2.75, 3.05) is 23.9 Å². The number of carboxylic acids is 1. The molecule has 0 aliphatic rings. The van der Waals surface area contributed by atoms with Gasteiger partial charge in [-0.1, -0.05) is 6.07 Å². The topological polar surface area (TPSA) is 66.4 Å². The second-order valence-electron chi connectivity index (χ2n) is 3.56. The average molecular weight is 241 g/mol. The zero-order chi connectivity index (χ0) is 12.1. The first-order valence-electron chi connectivity index (χ1n) is 4.88. The van der Waals surface area contributed by atoms with Gasteiger partial charge in [-0.2, -0.15) is 0 Å². The van der Waals surface area contributed by atoms with Crippen molar-refractivity contribution in [2.45, 2.75) is 6.92 Å². The first-order chi connectivity index (χ1) is 7.50. The molecule has 1 unspecified atom stereocenters. The Balaban J connectivity index is 2.80. The predicted octanol–water partition coefficient (Wildman–Crippen LogP) is 1.48. The molecule has 2 N–H and O–H groups in total. The first kappa shape index (κ1) is 12.7. The Bertz CT molecular complexity index is 418. The van der Waals surface area contributed by atoms with E-state index in [9.17, 15) is 9.00 Å². The summed E-state index contributed by atoms with van der Waals surface area (Å²) >= 11 is 0. The first-order valence-corrected chi connectivity index (χ1v) is 6.61. The molecule has 0 heterocycles. The van der Waals surface area contributed by atoms with E-state index in [1.54, 1.807) is 24.5 Å². The summed E-state index contributed by atoms with van der Waals surface area (Å²) in [5.41, 5.74) is 1.82. The van der Waals surface area contributed by atoms with E-state index in [4.69, 9.17) is 5.11 Å². The van der Waals surface area contributed by atoms with Crippen LogP contribution >= 0.6 is 0 Å². The summed E-state index contributed by atoms with van der Waals surface area (Å²) in [5.74, 6) is -0.451. The van der Waals surface area contributed by atoms with Crippen molar-refractivity contribution in [1.29, 1.82) is 0 Å². The van der Waals surface area contributed by atoms with E-state index in [-0.39, 0.29) is 5.56 Å². The highest BCUT2D eigenvalue weighted by molar-refractivity contribution is 7.84. The van der Waals surface area contributed by atoms with Crippen LogP contribution in [0.1, 0.15) is 15.9 Å². The number of anilines is 1. The number of carboxylic acid groups (broad SMARTS) is 1. The molecule has 0 radical (unpaired) electrons. The number of nitrogens with one attached hydrogen (secondary N) is 1. The van der Waals surface area contributed by atoms with Gasteiger partial charge in [0, 0.05) is 35.0 Å². The molecule has 0 spiro atoms. The van der Waals surface area contributed by atoms with Crippen LogP contribution in [-0.2, 0) is 10.8 Å². The standard InChI is InChI=1S/C11H15NO3S/c1-8-3-4-9(11(13)14)10(7-8)12-5-6-16(2)15/h3-4,7,12H,5-6H2,1-2H3,(H,13,14). The van der Waals surface area contributed by atoms with Crippen LogP contribution in [0.15, 0.2) is 18.2 Å². The minimum Gasteiger partial charge on any atom is -0.478 e. The van der Waals surface area contributed by atoms with E-state index < -0.39 is 16.8 Å². The van der Waals surface area contributed by atoms with Gasteiger partial charge in [0.1, 0.15) is 0 Å². The van der Waals surface area contributed by atoms with Crippen LogP contribution in [0.3, 0.4) is 0 Å². The van der Waals surface area contributed by atoms with E-state index in [1.807, 2.05) is 6.92 Å². The van der Waals surface area contributed by atoms with Gasteiger partial charge in [-0.25, -0.2) is 4.79 Å². The van der Waals surface area contributed by atoms with Gasteiger partial charge in [0.05, 0.1) is 5.56 Å². The van der Waals surface area contributed by atoms with Crippen LogP contribution in [0.5, 0.6) is 0 Å². The normalized spacial score (nSPS) is 12.1. The minimum atomic E-state index is -0.958. The van der Waals surface area contributed by atoms with Gasteiger partial charge >= 0.3 is 5.97 Å². The Hall–Kier alpha value is -1.36. The third kappa shape index (κ3) is 3.66. The van der Waals surface area contributed by atoms with Crippen LogP contribution in [-0.4, -0.2) is 33.8 Å². The fourth-order valence-electron chi connectivity index (χ4n) is 1.32. The molecule has 5 heteroatoms. The van der Waals surface area contributed by atoms with Gasteiger partial charge in [-0.3, -0.25) is 4.21 Å². The molecular formula is C11H15NO3S. The molecule has 1 aromatic carbocycles. The smallest absolute Gasteiger partial charge is 0.337 e. The zero-order valence-electron chi connectivity index (χ0n) is 9.32. The Morgan fingerprint density at radius 1 is 1.50 bits per heavy atom. The predicted molar refractivity (Wildman–Crippen MR) is 65.6 cm³/mol. The van der Waals surface area contributed by atoms with Crippen LogP contribution in [0.25, 0.3) is 0 Å². The Morgan fingerprint density at radius 3 is 2.75 bits per heavy atom. The van der Waals surface area contributed by atoms with E-state index in [0.717, 1.165) is 5.56 Å². The number of aromatic carboxylic acids is 1. The second kappa shape index (κ2) is 5.65. The summed E-state index contributed by atoms with van der Waals surface area (Å²) in [4.78, 5) is 10.9. The van der Waals surface area contributed by atoms with Crippen molar-refractivity contribution in [2.24, 2.45) is 0 Å². The highest BCUT2D eigenvalue weighted by Gasteiger charge is 2.09. The fraction of sp³-hybridized carbons (Fsp3) is 0.364. The van der Waals surface area contributed by atoms with Crippen molar-refractivity contribution in [3.05, 3.63) is 29.3 Å². The quantitative estimate of drug-likeness (QED) is 0.819. The van der Waals surface area contributed by atoms with Crippen molar-refractivity contribution < 1.29 is 14.1 Å². The molecule has 1 rings (SSSR count). The Labute approximate surface area is 97.1 Å². The third-order valence-electron chi connectivity index (χ3n) is 2.11. The number of benzene rings is 1. The van der Waals surface area contributed by atoms with E-state index >= 15 is 0 Å². The fourth-order valence-corrected chi connectivity index (χ4v) is 1.71. The van der Waals surface area contributed by atoms with E-state index in [0.29, 0.717) is 18.0 Å².